The Bertz CT molecular complexity index is 565. The van der Waals surface area contributed by atoms with Crippen LogP contribution in [-0.2, 0) is 9.84 Å². The van der Waals surface area contributed by atoms with Crippen LogP contribution < -0.4 is 0 Å². The van der Waals surface area contributed by atoms with Crippen LogP contribution in [0.2, 0.25) is 0 Å². The van der Waals surface area contributed by atoms with Gasteiger partial charge in [0.2, 0.25) is 9.84 Å². The molecular weight excluding hydrogens is 288 g/mol. The highest BCUT2D eigenvalue weighted by molar-refractivity contribution is 7.97. The Hall–Kier alpha value is -0.950. The van der Waals surface area contributed by atoms with Crippen molar-refractivity contribution in [2.75, 3.05) is 26.2 Å². The predicted octanol–water partition coefficient (Wildman–Crippen LogP) is 1.29. The van der Waals surface area contributed by atoms with Gasteiger partial charge in [0, 0.05) is 26.2 Å². The summed E-state index contributed by atoms with van der Waals surface area (Å²) < 4.78 is 21.5. The van der Waals surface area contributed by atoms with E-state index in [4.69, 9.17) is 0 Å². The molecule has 0 aromatic heterocycles. The number of hydrogen-bond acceptors (Lipinski definition) is 5. The minimum atomic E-state index is -2.88. The van der Waals surface area contributed by atoms with Crippen molar-refractivity contribution in [3.63, 3.8) is 0 Å². The van der Waals surface area contributed by atoms with Crippen molar-refractivity contribution in [3.05, 3.63) is 24.3 Å². The lowest BCUT2D eigenvalue weighted by atomic mass is 10.2. The number of rotatable bonds is 1. The molecule has 0 saturated carbocycles. The largest absolute Gasteiger partial charge is 0.392 e. The molecule has 2 saturated heterocycles. The number of β-amino-alcohol motifs (C(OH)–C–C–N with tert-alkyl or cyclic N) is 1. The van der Waals surface area contributed by atoms with Gasteiger partial charge in [0.05, 0.1) is 15.9 Å². The molecule has 0 spiro atoms. The zero-order valence-electron chi connectivity index (χ0n) is 12.1. The minimum absolute atomic E-state index is 0.0769. The van der Waals surface area contributed by atoms with E-state index < -0.39 is 9.84 Å². The summed E-state index contributed by atoms with van der Waals surface area (Å²) in [4.78, 5) is 0.981. The van der Waals surface area contributed by atoms with Crippen LogP contribution in [0.15, 0.2) is 34.1 Å². The van der Waals surface area contributed by atoms with Gasteiger partial charge in [-0.2, -0.15) is 0 Å². The zero-order chi connectivity index (χ0) is 14.9. The van der Waals surface area contributed by atoms with Gasteiger partial charge >= 0.3 is 0 Å². The Labute approximate surface area is 126 Å². The number of hydrazine groups is 1. The minimum Gasteiger partial charge on any atom is -0.392 e. The van der Waals surface area contributed by atoms with Crippen LogP contribution in [0.5, 0.6) is 0 Å². The average molecular weight is 310 g/mol. The molecule has 21 heavy (non-hydrogen) atoms. The Morgan fingerprint density at radius 1 is 0.952 bits per heavy atom. The highest BCUT2D eigenvalue weighted by Gasteiger charge is 2.37. The van der Waals surface area contributed by atoms with E-state index in [1.165, 1.54) is 32.4 Å². The van der Waals surface area contributed by atoms with Gasteiger partial charge in [-0.3, -0.25) is 0 Å². The third-order valence-corrected chi connectivity index (χ3v) is 5.93. The lowest BCUT2D eigenvalue weighted by Gasteiger charge is -2.34. The maximum atomic E-state index is 10.7. The second kappa shape index (κ2) is 6.04. The first-order valence-electron chi connectivity index (χ1n) is 7.61. The van der Waals surface area contributed by atoms with Gasteiger partial charge in [-0.05, 0) is 31.4 Å². The molecule has 1 atom stereocenters. The van der Waals surface area contributed by atoms with E-state index >= 15 is 0 Å². The first-order chi connectivity index (χ1) is 10.1. The topological polar surface area (TPSA) is 60.9 Å². The van der Waals surface area contributed by atoms with Crippen LogP contribution in [0.25, 0.3) is 0 Å². The quantitative estimate of drug-likeness (QED) is 0.804. The van der Waals surface area contributed by atoms with E-state index in [0.29, 0.717) is 9.79 Å². The van der Waals surface area contributed by atoms with E-state index in [-0.39, 0.29) is 6.10 Å². The summed E-state index contributed by atoms with van der Waals surface area (Å²) in [7, 11) is -2.88. The standard InChI is InChI=1S/C9H18N2O.C6H4O2S/c12-9-4-7-11(8-9)10-5-2-1-3-6-10;7-9(8)5-3-1-2-4-6(5)9/h9,12H,1-8H2;1-4H. The van der Waals surface area contributed by atoms with Gasteiger partial charge < -0.3 is 5.11 Å². The van der Waals surface area contributed by atoms with Crippen LogP contribution >= 0.6 is 0 Å². The summed E-state index contributed by atoms with van der Waals surface area (Å²) in [6.45, 7) is 4.32. The van der Waals surface area contributed by atoms with Gasteiger partial charge in [-0.25, -0.2) is 18.4 Å². The van der Waals surface area contributed by atoms with Crippen molar-refractivity contribution in [1.82, 2.24) is 10.0 Å². The first kappa shape index (κ1) is 15.0. The smallest absolute Gasteiger partial charge is 0.209 e. The Kier molecular flexibility index (Phi) is 4.31. The fraction of sp³-hybridized carbons (Fsp3) is 0.600. The van der Waals surface area contributed by atoms with Crippen molar-refractivity contribution < 1.29 is 13.5 Å². The molecule has 0 aliphatic carbocycles. The van der Waals surface area contributed by atoms with Crippen molar-refractivity contribution in [2.45, 2.75) is 41.6 Å². The van der Waals surface area contributed by atoms with Gasteiger partial charge in [0.1, 0.15) is 0 Å². The molecule has 116 valence electrons. The molecule has 2 fully saturated rings. The van der Waals surface area contributed by atoms with Crippen molar-refractivity contribution in [2.24, 2.45) is 0 Å². The molecule has 0 bridgehead atoms. The number of aliphatic hydroxyl groups is 1. The normalized spacial score (nSPS) is 27.6. The third kappa shape index (κ3) is 3.29. The molecule has 1 aromatic rings. The van der Waals surface area contributed by atoms with Gasteiger partial charge in [0.15, 0.2) is 0 Å². The molecule has 3 aliphatic rings. The van der Waals surface area contributed by atoms with Crippen LogP contribution in [0.3, 0.4) is 0 Å². The molecule has 1 unspecified atom stereocenters. The van der Waals surface area contributed by atoms with Crippen molar-refractivity contribution in [3.8, 4) is 0 Å². The molecule has 3 heterocycles. The summed E-state index contributed by atoms with van der Waals surface area (Å²) in [5, 5.41) is 14.1. The van der Waals surface area contributed by atoms with Crippen LogP contribution in [0.4, 0.5) is 0 Å². The van der Waals surface area contributed by atoms with E-state index in [2.05, 4.69) is 10.0 Å². The molecule has 4 rings (SSSR count). The summed E-state index contributed by atoms with van der Waals surface area (Å²) >= 11 is 0. The number of benzene rings is 1. The average Bonchev–Trinajstić information content (AvgIpc) is 2.85. The zero-order valence-corrected chi connectivity index (χ0v) is 12.9. The number of fused-ring (bicyclic) bond motifs is 1. The van der Waals surface area contributed by atoms with Gasteiger partial charge in [-0.1, -0.05) is 18.6 Å². The van der Waals surface area contributed by atoms with E-state index in [9.17, 15) is 13.5 Å². The summed E-state index contributed by atoms with van der Waals surface area (Å²) in [6, 6.07) is 6.68. The Morgan fingerprint density at radius 3 is 2.05 bits per heavy atom. The van der Waals surface area contributed by atoms with E-state index in [0.717, 1.165) is 19.5 Å². The fourth-order valence-electron chi connectivity index (χ4n) is 2.99. The molecule has 3 aliphatic heterocycles. The SMILES string of the molecule is O=S1(=O)c2ccccc21.OC1CCN(N2CCCCC2)C1. The third-order valence-electron chi connectivity index (χ3n) is 4.26. The number of piperidine rings is 1. The van der Waals surface area contributed by atoms with E-state index in [1.807, 2.05) is 0 Å². The molecular formula is C15H22N2O3S. The first-order valence-corrected chi connectivity index (χ1v) is 9.09. The highest BCUT2D eigenvalue weighted by Crippen LogP contribution is 2.38. The van der Waals surface area contributed by atoms with Crippen LogP contribution in [0, 0.1) is 0 Å². The summed E-state index contributed by atoms with van der Waals surface area (Å²) in [5.74, 6) is 0. The molecule has 1 aromatic carbocycles. The monoisotopic (exact) mass is 310 g/mol. The molecule has 1 N–H and O–H groups in total. The highest BCUT2D eigenvalue weighted by atomic mass is 32.2. The van der Waals surface area contributed by atoms with Crippen molar-refractivity contribution in [1.29, 1.82) is 0 Å². The molecule has 6 heteroatoms. The number of sulfone groups is 1. The number of hydrogen-bond donors (Lipinski definition) is 1. The lowest BCUT2D eigenvalue weighted by Crippen LogP contribution is -2.44. The second-order valence-corrected chi connectivity index (χ2v) is 7.71. The van der Waals surface area contributed by atoms with Crippen LogP contribution in [-0.4, -0.2) is 55.8 Å². The fourth-order valence-corrected chi connectivity index (χ4v) is 4.30. The Morgan fingerprint density at radius 2 is 1.57 bits per heavy atom. The lowest BCUT2D eigenvalue weighted by molar-refractivity contribution is -0.0275. The summed E-state index contributed by atoms with van der Waals surface area (Å²) in [5.41, 5.74) is 0. The maximum Gasteiger partial charge on any atom is 0.209 e. The second-order valence-electron chi connectivity index (χ2n) is 5.82. The number of nitrogens with zero attached hydrogens (tertiary/aromatic N) is 2. The molecule has 0 radical (unpaired) electrons. The molecule has 0 amide bonds. The van der Waals surface area contributed by atoms with Crippen molar-refractivity contribution >= 4 is 9.84 Å². The van der Waals surface area contributed by atoms with Gasteiger partial charge in [-0.15, -0.1) is 0 Å². The predicted molar refractivity (Wildman–Crippen MR) is 79.5 cm³/mol. The van der Waals surface area contributed by atoms with E-state index in [1.54, 1.807) is 24.3 Å². The van der Waals surface area contributed by atoms with Gasteiger partial charge in [0.25, 0.3) is 0 Å². The van der Waals surface area contributed by atoms with Crippen LogP contribution in [0.1, 0.15) is 25.7 Å². The number of aliphatic hydroxyl groups excluding tert-OH is 1. The maximum absolute atomic E-state index is 10.7. The molecule has 5 nitrogen and oxygen atoms in total. The Balaban J connectivity index is 0.000000131. The summed E-state index contributed by atoms with van der Waals surface area (Å²) in [6.07, 6.45) is 4.91.